The van der Waals surface area contributed by atoms with Crippen LogP contribution in [0.25, 0.3) is 22.0 Å². The first-order valence-corrected chi connectivity index (χ1v) is 13.6. The van der Waals surface area contributed by atoms with Crippen LogP contribution in [0.1, 0.15) is 19.8 Å². The van der Waals surface area contributed by atoms with E-state index in [2.05, 4.69) is 22.5 Å². The van der Waals surface area contributed by atoms with Gasteiger partial charge in [0.15, 0.2) is 9.84 Å². The summed E-state index contributed by atoms with van der Waals surface area (Å²) in [5.41, 5.74) is 3.44. The molecule has 0 amide bonds. The number of anilines is 2. The molecule has 7 nitrogen and oxygen atoms in total. The molecule has 2 heterocycles. The topological polar surface area (TPSA) is 93.2 Å². The summed E-state index contributed by atoms with van der Waals surface area (Å²) in [4.78, 5) is 9.52. The van der Waals surface area contributed by atoms with Crippen molar-refractivity contribution >= 4 is 32.4 Å². The second-order valence-electron chi connectivity index (χ2n) is 8.91. The fraction of sp³-hybridized carbons (Fsp3) is 0.259. The predicted molar refractivity (Wildman–Crippen MR) is 139 cm³/mol. The predicted octanol–water partition coefficient (Wildman–Crippen LogP) is 4.96. The number of rotatable bonds is 7. The van der Waals surface area contributed by atoms with E-state index in [0.717, 1.165) is 46.4 Å². The minimum Gasteiger partial charge on any atom is -0.489 e. The number of fused-ring (bicyclic) bond motifs is 1. The lowest BCUT2D eigenvalue weighted by Gasteiger charge is -2.21. The summed E-state index contributed by atoms with van der Waals surface area (Å²) in [7, 11) is -3.25. The van der Waals surface area contributed by atoms with Gasteiger partial charge in [-0.25, -0.2) is 18.4 Å². The van der Waals surface area contributed by atoms with E-state index >= 15 is 0 Å². The summed E-state index contributed by atoms with van der Waals surface area (Å²) in [6.07, 6.45) is 5.44. The maximum Gasteiger partial charge on any atom is 0.227 e. The monoisotopic (exact) mass is 488 g/mol. The fourth-order valence-corrected chi connectivity index (χ4v) is 5.02. The van der Waals surface area contributed by atoms with E-state index in [1.54, 1.807) is 30.5 Å². The number of sulfone groups is 1. The maximum atomic E-state index is 11.8. The van der Waals surface area contributed by atoms with Crippen LogP contribution in [0.5, 0.6) is 5.75 Å². The molecule has 2 N–H and O–H groups in total. The largest absolute Gasteiger partial charge is 0.489 e. The first kappa shape index (κ1) is 23.3. The molecule has 35 heavy (non-hydrogen) atoms. The van der Waals surface area contributed by atoms with Gasteiger partial charge in [-0.3, -0.25) is 0 Å². The molecule has 2 atom stereocenters. The van der Waals surface area contributed by atoms with Crippen molar-refractivity contribution in [2.24, 2.45) is 0 Å². The van der Waals surface area contributed by atoms with Crippen LogP contribution in [0, 0.1) is 0 Å². The SMILES string of the molecule is CC(Oc1ccc(Nc2ncc3cccc(-c4ccc(S(C)(=O)=O)cc4)c3n2)cc1)C1CCCN1. The second kappa shape index (κ2) is 9.64. The number of nitrogens with one attached hydrogen (secondary N) is 2. The Kier molecular flexibility index (Phi) is 6.40. The van der Waals surface area contributed by atoms with Gasteiger partial charge in [-0.15, -0.1) is 0 Å². The number of nitrogens with zero attached hydrogens (tertiary/aromatic N) is 2. The molecule has 8 heteroatoms. The van der Waals surface area contributed by atoms with Crippen molar-refractivity contribution in [3.05, 3.63) is 72.9 Å². The van der Waals surface area contributed by atoms with Crippen molar-refractivity contribution in [2.45, 2.75) is 36.8 Å². The smallest absolute Gasteiger partial charge is 0.227 e. The molecular formula is C27H28N4O3S. The summed E-state index contributed by atoms with van der Waals surface area (Å²) >= 11 is 0. The second-order valence-corrected chi connectivity index (χ2v) is 10.9. The summed E-state index contributed by atoms with van der Waals surface area (Å²) in [5, 5.41) is 7.65. The van der Waals surface area contributed by atoms with E-state index in [1.807, 2.05) is 42.5 Å². The van der Waals surface area contributed by atoms with Gasteiger partial charge in [0.1, 0.15) is 11.9 Å². The highest BCUT2D eigenvalue weighted by Gasteiger charge is 2.22. The first-order chi connectivity index (χ1) is 16.9. The van der Waals surface area contributed by atoms with Crippen molar-refractivity contribution in [3.63, 3.8) is 0 Å². The van der Waals surface area contributed by atoms with Gasteiger partial charge in [-0.1, -0.05) is 30.3 Å². The van der Waals surface area contributed by atoms with Crippen LogP contribution in [0.15, 0.2) is 77.8 Å². The zero-order valence-electron chi connectivity index (χ0n) is 19.7. The summed E-state index contributed by atoms with van der Waals surface area (Å²) < 4.78 is 29.7. The molecule has 4 aromatic rings. The lowest BCUT2D eigenvalue weighted by Crippen LogP contribution is -2.36. The Balaban J connectivity index is 1.36. The molecule has 1 aromatic heterocycles. The lowest BCUT2D eigenvalue weighted by atomic mass is 10.0. The average Bonchev–Trinajstić information content (AvgIpc) is 3.40. The van der Waals surface area contributed by atoms with Gasteiger partial charge >= 0.3 is 0 Å². The van der Waals surface area contributed by atoms with Gasteiger partial charge in [0.05, 0.1) is 10.4 Å². The third kappa shape index (κ3) is 5.28. The van der Waals surface area contributed by atoms with Crippen molar-refractivity contribution in [1.82, 2.24) is 15.3 Å². The number of aromatic nitrogens is 2. The standard InChI is InChI=1S/C27H28N4O3S/c1-18(25-7-4-16-28-25)34-22-12-10-21(11-13-22)30-27-29-17-20-5-3-6-24(26(20)31-27)19-8-14-23(15-9-19)35(2,32)33/h3,5-6,8-15,17-18,25,28H,4,7,16H2,1-2H3,(H,29,30,31). The van der Waals surface area contributed by atoms with E-state index in [0.29, 0.717) is 16.9 Å². The highest BCUT2D eigenvalue weighted by molar-refractivity contribution is 7.90. The van der Waals surface area contributed by atoms with Crippen LogP contribution in [0.3, 0.4) is 0 Å². The normalized spacial score (nSPS) is 16.8. The maximum absolute atomic E-state index is 11.8. The number of hydrogen-bond donors (Lipinski definition) is 2. The molecule has 3 aromatic carbocycles. The number of hydrogen-bond acceptors (Lipinski definition) is 7. The van der Waals surface area contributed by atoms with Crippen LogP contribution in [0.4, 0.5) is 11.6 Å². The third-order valence-electron chi connectivity index (χ3n) is 6.30. The fourth-order valence-electron chi connectivity index (χ4n) is 4.39. The van der Waals surface area contributed by atoms with E-state index in [9.17, 15) is 8.42 Å². The number of benzene rings is 3. The third-order valence-corrected chi connectivity index (χ3v) is 7.43. The quantitative estimate of drug-likeness (QED) is 0.380. The summed E-state index contributed by atoms with van der Waals surface area (Å²) in [5.74, 6) is 1.31. The summed E-state index contributed by atoms with van der Waals surface area (Å²) in [6, 6.07) is 20.9. The van der Waals surface area contributed by atoms with Crippen molar-refractivity contribution in [2.75, 3.05) is 18.1 Å². The van der Waals surface area contributed by atoms with E-state index in [1.165, 1.54) is 12.7 Å². The van der Waals surface area contributed by atoms with Gasteiger partial charge in [-0.05, 0) is 68.3 Å². The molecule has 180 valence electrons. The molecule has 0 aliphatic carbocycles. The zero-order valence-corrected chi connectivity index (χ0v) is 20.5. The number of para-hydroxylation sites is 1. The molecule has 5 rings (SSSR count). The van der Waals surface area contributed by atoms with Crippen LogP contribution < -0.4 is 15.4 Å². The van der Waals surface area contributed by atoms with Crippen LogP contribution >= 0.6 is 0 Å². The van der Waals surface area contributed by atoms with Gasteiger partial charge < -0.3 is 15.4 Å². The Morgan fingerprint density at radius 1 is 1.06 bits per heavy atom. The van der Waals surface area contributed by atoms with Crippen molar-refractivity contribution in [3.8, 4) is 16.9 Å². The molecule has 1 aliphatic heterocycles. The molecular weight excluding hydrogens is 460 g/mol. The zero-order chi connectivity index (χ0) is 24.4. The Hall–Kier alpha value is -3.49. The summed E-state index contributed by atoms with van der Waals surface area (Å²) in [6.45, 7) is 3.16. The molecule has 1 saturated heterocycles. The van der Waals surface area contributed by atoms with E-state index in [4.69, 9.17) is 9.72 Å². The lowest BCUT2D eigenvalue weighted by molar-refractivity contribution is 0.180. The molecule has 2 unspecified atom stereocenters. The minimum atomic E-state index is -3.25. The van der Waals surface area contributed by atoms with Crippen molar-refractivity contribution in [1.29, 1.82) is 0 Å². The van der Waals surface area contributed by atoms with Gasteiger partial charge in [-0.2, -0.15) is 0 Å². The first-order valence-electron chi connectivity index (χ1n) is 11.7. The molecule has 1 aliphatic rings. The number of ether oxygens (including phenoxy) is 1. The molecule has 0 spiro atoms. The van der Waals surface area contributed by atoms with Crippen LogP contribution in [0.2, 0.25) is 0 Å². The Bertz CT molecular complexity index is 1430. The Morgan fingerprint density at radius 2 is 1.83 bits per heavy atom. The molecule has 0 bridgehead atoms. The van der Waals surface area contributed by atoms with Gasteiger partial charge in [0, 0.05) is 35.1 Å². The van der Waals surface area contributed by atoms with Gasteiger partial charge in [0.2, 0.25) is 5.95 Å². The van der Waals surface area contributed by atoms with Crippen LogP contribution in [-0.4, -0.2) is 43.3 Å². The van der Waals surface area contributed by atoms with Crippen LogP contribution in [-0.2, 0) is 9.84 Å². The average molecular weight is 489 g/mol. The van der Waals surface area contributed by atoms with Gasteiger partial charge in [0.25, 0.3) is 0 Å². The highest BCUT2D eigenvalue weighted by atomic mass is 32.2. The molecule has 0 saturated carbocycles. The molecule has 0 radical (unpaired) electrons. The molecule has 1 fully saturated rings. The Labute approximate surface area is 205 Å². The van der Waals surface area contributed by atoms with Crippen molar-refractivity contribution < 1.29 is 13.2 Å². The Morgan fingerprint density at radius 3 is 2.51 bits per heavy atom. The minimum absolute atomic E-state index is 0.116. The van der Waals surface area contributed by atoms with E-state index < -0.39 is 9.84 Å². The highest BCUT2D eigenvalue weighted by Crippen LogP contribution is 2.29. The van der Waals surface area contributed by atoms with E-state index in [-0.39, 0.29) is 6.10 Å².